The van der Waals surface area contributed by atoms with Gasteiger partial charge in [0.25, 0.3) is 5.91 Å². The Balaban J connectivity index is 1.52. The van der Waals surface area contributed by atoms with E-state index in [9.17, 15) is 23.5 Å². The first-order valence-corrected chi connectivity index (χ1v) is 13.2. The Kier molecular flexibility index (Phi) is 11.4. The molecule has 0 radical (unpaired) electrons. The second-order valence-corrected chi connectivity index (χ2v) is 9.65. The molecule has 0 saturated heterocycles. The number of anilines is 1. The van der Waals surface area contributed by atoms with Crippen LogP contribution in [0.1, 0.15) is 67.8 Å². The maximum atomic E-state index is 13.1. The fraction of sp³-hybridized carbons (Fsp3) is 0.615. The number of carboxylic acids is 1. The van der Waals surface area contributed by atoms with Gasteiger partial charge >= 0.3 is 12.5 Å². The van der Waals surface area contributed by atoms with Crippen molar-refractivity contribution >= 4 is 17.7 Å². The fourth-order valence-electron chi connectivity index (χ4n) is 4.35. The molecular formula is C26H38F2N6O4. The van der Waals surface area contributed by atoms with E-state index >= 15 is 0 Å². The minimum Gasteiger partial charge on any atom is -0.480 e. The van der Waals surface area contributed by atoms with Crippen LogP contribution in [0.5, 0.6) is 0 Å². The van der Waals surface area contributed by atoms with Crippen LogP contribution in [0, 0.1) is 0 Å². The average molecular weight is 537 g/mol. The first kappa shape index (κ1) is 29.4. The van der Waals surface area contributed by atoms with Crippen molar-refractivity contribution in [3.63, 3.8) is 0 Å². The summed E-state index contributed by atoms with van der Waals surface area (Å²) in [6, 6.07) is 4.13. The number of amides is 1. The standard InChI is InChI=1S/C26H38F2N6O4/c1-18(2)38-17-16-33(14-4-3-7-20-9-8-19-6-5-12-29-23(19)31-20)15-11-21(25(36)37)32-24(35)22-10-13-30-34(22)26(27)28/h8-10,13,18,21,26H,3-7,11-12,14-17H2,1-2H3,(H,29,31)(H,32,35)(H,36,37). The van der Waals surface area contributed by atoms with Gasteiger partial charge in [-0.1, -0.05) is 6.07 Å². The molecule has 0 aliphatic carbocycles. The zero-order chi connectivity index (χ0) is 27.5. The second kappa shape index (κ2) is 14.7. The highest BCUT2D eigenvalue weighted by Crippen LogP contribution is 2.20. The smallest absolute Gasteiger partial charge is 0.333 e. The normalized spacial score (nSPS) is 14.0. The third-order valence-electron chi connectivity index (χ3n) is 6.39. The van der Waals surface area contributed by atoms with E-state index in [0.29, 0.717) is 19.7 Å². The molecule has 0 bridgehead atoms. The number of carbonyl (C=O) groups is 2. The van der Waals surface area contributed by atoms with E-state index in [1.807, 2.05) is 13.8 Å². The molecule has 2 aromatic rings. The number of aryl methyl sites for hydroxylation is 2. The van der Waals surface area contributed by atoms with Gasteiger partial charge in [-0.05, 0) is 76.6 Å². The molecule has 0 aromatic carbocycles. The van der Waals surface area contributed by atoms with Crippen LogP contribution in [0.4, 0.5) is 14.6 Å². The highest BCUT2D eigenvalue weighted by Gasteiger charge is 2.25. The van der Waals surface area contributed by atoms with Crippen LogP contribution in [0.2, 0.25) is 0 Å². The molecule has 12 heteroatoms. The van der Waals surface area contributed by atoms with Crippen molar-refractivity contribution in [3.05, 3.63) is 41.3 Å². The van der Waals surface area contributed by atoms with E-state index in [2.05, 4.69) is 32.8 Å². The lowest BCUT2D eigenvalue weighted by molar-refractivity contribution is -0.139. The minimum atomic E-state index is -3.00. The molecule has 3 heterocycles. The number of unbranched alkanes of at least 4 members (excludes halogenated alkanes) is 1. The van der Waals surface area contributed by atoms with Gasteiger partial charge in [0.1, 0.15) is 17.6 Å². The summed E-state index contributed by atoms with van der Waals surface area (Å²) in [6.07, 6.45) is 6.08. The molecule has 210 valence electrons. The number of alkyl halides is 2. The van der Waals surface area contributed by atoms with Gasteiger partial charge in [-0.2, -0.15) is 18.6 Å². The van der Waals surface area contributed by atoms with Gasteiger partial charge in [0.15, 0.2) is 0 Å². The van der Waals surface area contributed by atoms with Gasteiger partial charge < -0.3 is 25.4 Å². The summed E-state index contributed by atoms with van der Waals surface area (Å²) in [5, 5.41) is 18.8. The van der Waals surface area contributed by atoms with Gasteiger partial charge in [-0.3, -0.25) is 4.79 Å². The maximum Gasteiger partial charge on any atom is 0.333 e. The number of hydrogen-bond donors (Lipinski definition) is 3. The van der Waals surface area contributed by atoms with Gasteiger partial charge in [0.2, 0.25) is 0 Å². The number of ether oxygens (including phenoxy) is 1. The Morgan fingerprint density at radius 2 is 2.03 bits per heavy atom. The Hall–Kier alpha value is -3.12. The Bertz CT molecular complexity index is 1050. The van der Waals surface area contributed by atoms with E-state index in [4.69, 9.17) is 9.72 Å². The summed E-state index contributed by atoms with van der Waals surface area (Å²) in [7, 11) is 0. The number of halogens is 2. The van der Waals surface area contributed by atoms with Gasteiger partial charge in [0, 0.05) is 31.5 Å². The number of rotatable bonds is 16. The molecule has 38 heavy (non-hydrogen) atoms. The van der Waals surface area contributed by atoms with Crippen LogP contribution in [0.15, 0.2) is 24.4 Å². The third kappa shape index (κ3) is 9.02. The van der Waals surface area contributed by atoms with Crippen molar-refractivity contribution in [3.8, 4) is 0 Å². The van der Waals surface area contributed by atoms with E-state index in [-0.39, 0.29) is 22.9 Å². The third-order valence-corrected chi connectivity index (χ3v) is 6.39. The Morgan fingerprint density at radius 1 is 1.21 bits per heavy atom. The molecule has 2 aromatic heterocycles. The molecule has 0 spiro atoms. The molecule has 3 N–H and O–H groups in total. The van der Waals surface area contributed by atoms with Gasteiger partial charge in [-0.15, -0.1) is 0 Å². The molecule has 0 fully saturated rings. The van der Waals surface area contributed by atoms with Crippen molar-refractivity contribution in [2.45, 2.75) is 71.1 Å². The molecule has 0 saturated carbocycles. The zero-order valence-corrected chi connectivity index (χ0v) is 22.0. The van der Waals surface area contributed by atoms with E-state index in [1.165, 1.54) is 5.56 Å². The zero-order valence-electron chi connectivity index (χ0n) is 22.0. The lowest BCUT2D eigenvalue weighted by Gasteiger charge is -2.25. The summed E-state index contributed by atoms with van der Waals surface area (Å²) in [4.78, 5) is 31.1. The topological polar surface area (TPSA) is 122 Å². The Morgan fingerprint density at radius 3 is 2.76 bits per heavy atom. The Labute approximate surface area is 221 Å². The first-order chi connectivity index (χ1) is 18.2. The molecular weight excluding hydrogens is 498 g/mol. The number of pyridine rings is 1. The van der Waals surface area contributed by atoms with Crippen molar-refractivity contribution in [2.75, 3.05) is 38.1 Å². The molecule has 1 aliphatic heterocycles. The van der Waals surface area contributed by atoms with E-state index in [0.717, 1.165) is 69.0 Å². The molecule has 1 aliphatic rings. The van der Waals surface area contributed by atoms with Crippen molar-refractivity contribution < 1.29 is 28.2 Å². The predicted octanol–water partition coefficient (Wildman–Crippen LogP) is 3.35. The van der Waals surface area contributed by atoms with Crippen LogP contribution >= 0.6 is 0 Å². The number of nitrogens with one attached hydrogen (secondary N) is 2. The SMILES string of the molecule is CC(C)OCCN(CCCCc1ccc2c(n1)NCCC2)CCC(NC(=O)c1ccnn1C(F)F)C(=O)O. The summed E-state index contributed by atoms with van der Waals surface area (Å²) in [5.41, 5.74) is 1.92. The first-order valence-electron chi connectivity index (χ1n) is 13.2. The lowest BCUT2D eigenvalue weighted by Crippen LogP contribution is -2.44. The molecule has 1 amide bonds. The summed E-state index contributed by atoms with van der Waals surface area (Å²) in [6.45, 7) is 4.07. The summed E-state index contributed by atoms with van der Waals surface area (Å²) < 4.78 is 32.1. The second-order valence-electron chi connectivity index (χ2n) is 9.65. The van der Waals surface area contributed by atoms with Crippen molar-refractivity contribution in [1.82, 2.24) is 25.0 Å². The largest absolute Gasteiger partial charge is 0.480 e. The monoisotopic (exact) mass is 536 g/mol. The summed E-state index contributed by atoms with van der Waals surface area (Å²) in [5.74, 6) is -1.15. The van der Waals surface area contributed by atoms with Crippen LogP contribution in [-0.2, 0) is 22.4 Å². The fourth-order valence-corrected chi connectivity index (χ4v) is 4.35. The molecule has 10 nitrogen and oxygen atoms in total. The number of aliphatic carboxylic acids is 1. The number of aromatic nitrogens is 3. The number of carbonyl (C=O) groups excluding carboxylic acids is 1. The van der Waals surface area contributed by atoms with Crippen molar-refractivity contribution in [2.24, 2.45) is 0 Å². The van der Waals surface area contributed by atoms with Crippen LogP contribution in [0.25, 0.3) is 0 Å². The maximum absolute atomic E-state index is 13.1. The van der Waals surface area contributed by atoms with Crippen molar-refractivity contribution in [1.29, 1.82) is 0 Å². The molecule has 1 atom stereocenters. The number of fused-ring (bicyclic) bond motifs is 1. The average Bonchev–Trinajstić information content (AvgIpc) is 3.38. The minimum absolute atomic E-state index is 0.0753. The van der Waals surface area contributed by atoms with E-state index < -0.39 is 24.5 Å². The van der Waals surface area contributed by atoms with Gasteiger partial charge in [-0.25, -0.2) is 9.78 Å². The highest BCUT2D eigenvalue weighted by atomic mass is 19.3. The number of nitrogens with zero attached hydrogens (tertiary/aromatic N) is 4. The number of carboxylic acid groups (broad SMARTS) is 1. The molecule has 1 unspecified atom stereocenters. The van der Waals surface area contributed by atoms with Crippen LogP contribution in [0.3, 0.4) is 0 Å². The highest BCUT2D eigenvalue weighted by molar-refractivity contribution is 5.95. The van der Waals surface area contributed by atoms with Crippen LogP contribution < -0.4 is 10.6 Å². The lowest BCUT2D eigenvalue weighted by atomic mass is 10.1. The quantitative estimate of drug-likeness (QED) is 0.279. The molecule has 3 rings (SSSR count). The van der Waals surface area contributed by atoms with E-state index in [1.54, 1.807) is 0 Å². The summed E-state index contributed by atoms with van der Waals surface area (Å²) >= 11 is 0. The number of hydrogen-bond acceptors (Lipinski definition) is 7. The predicted molar refractivity (Wildman–Crippen MR) is 139 cm³/mol. The van der Waals surface area contributed by atoms with Gasteiger partial charge in [0.05, 0.1) is 12.7 Å². The van der Waals surface area contributed by atoms with Crippen LogP contribution in [-0.4, -0.2) is 81.6 Å².